The maximum absolute atomic E-state index is 12.7. The molecular weight excluding hydrogens is 267 g/mol. The summed E-state index contributed by atoms with van der Waals surface area (Å²) in [5, 5.41) is 12.4. The Morgan fingerprint density at radius 2 is 2.10 bits per heavy atom. The van der Waals surface area contributed by atoms with Gasteiger partial charge in [0.05, 0.1) is 12.0 Å². The Morgan fingerprint density at radius 3 is 2.65 bits per heavy atom. The first-order valence-electron chi connectivity index (χ1n) is 7.26. The van der Waals surface area contributed by atoms with Crippen molar-refractivity contribution in [2.75, 3.05) is 26.2 Å². The predicted octanol–water partition coefficient (Wildman–Crippen LogP) is 2.93. The van der Waals surface area contributed by atoms with Crippen LogP contribution < -0.4 is 5.32 Å². The Bertz CT molecular complexity index is 338. The average molecular weight is 291 g/mol. The first kappa shape index (κ1) is 17.3. The zero-order valence-electron chi connectivity index (χ0n) is 12.3. The highest BCUT2D eigenvalue weighted by Crippen LogP contribution is 2.33. The van der Waals surface area contributed by atoms with Crippen LogP contribution in [0, 0.1) is 17.2 Å². The van der Waals surface area contributed by atoms with Gasteiger partial charge in [0.25, 0.3) is 0 Å². The Balaban J connectivity index is 2.46. The van der Waals surface area contributed by atoms with E-state index < -0.39 is 17.6 Å². The molecule has 1 heterocycles. The highest BCUT2D eigenvalue weighted by molar-refractivity contribution is 5.04. The third-order valence-corrected chi connectivity index (χ3v) is 3.91. The van der Waals surface area contributed by atoms with Gasteiger partial charge in [0.1, 0.15) is 5.54 Å². The minimum atomic E-state index is -4.10. The predicted molar refractivity (Wildman–Crippen MR) is 72.1 cm³/mol. The monoisotopic (exact) mass is 291 g/mol. The van der Waals surface area contributed by atoms with Crippen molar-refractivity contribution in [3.63, 3.8) is 0 Å². The van der Waals surface area contributed by atoms with Crippen LogP contribution in [-0.2, 0) is 0 Å². The molecule has 1 saturated heterocycles. The van der Waals surface area contributed by atoms with Crippen LogP contribution in [-0.4, -0.2) is 42.8 Å². The van der Waals surface area contributed by atoms with Crippen LogP contribution >= 0.6 is 0 Å². The number of hydrogen-bond donors (Lipinski definition) is 1. The van der Waals surface area contributed by atoms with Crippen LogP contribution in [0.25, 0.3) is 0 Å². The Kier molecular flexibility index (Phi) is 6.28. The molecule has 0 amide bonds. The minimum Gasteiger partial charge on any atom is -0.303 e. The molecule has 1 aliphatic heterocycles. The fourth-order valence-electron chi connectivity index (χ4n) is 2.49. The summed E-state index contributed by atoms with van der Waals surface area (Å²) >= 11 is 0. The molecule has 0 aromatic carbocycles. The molecule has 2 unspecified atom stereocenters. The van der Waals surface area contributed by atoms with Crippen LogP contribution in [0.1, 0.15) is 39.5 Å². The molecule has 1 N–H and O–H groups in total. The van der Waals surface area contributed by atoms with Crippen molar-refractivity contribution in [1.29, 1.82) is 5.26 Å². The Morgan fingerprint density at radius 1 is 1.40 bits per heavy atom. The van der Waals surface area contributed by atoms with E-state index in [2.05, 4.69) is 11.4 Å². The summed E-state index contributed by atoms with van der Waals surface area (Å²) in [6, 6.07) is 2.23. The summed E-state index contributed by atoms with van der Waals surface area (Å²) in [5.74, 6) is -1.21. The Hall–Kier alpha value is -0.800. The standard InChI is InChI=1S/C14H24F3N3/c1-3-7-19-13(2,11-18)6-9-20-8-4-5-12(10-20)14(15,16)17/h12,19H,3-10H2,1-2H3. The topological polar surface area (TPSA) is 39.1 Å². The third kappa shape index (κ3) is 5.29. The zero-order valence-corrected chi connectivity index (χ0v) is 12.3. The first-order valence-corrected chi connectivity index (χ1v) is 7.26. The molecule has 0 radical (unpaired) electrons. The smallest absolute Gasteiger partial charge is 0.303 e. The van der Waals surface area contributed by atoms with Gasteiger partial charge in [0.15, 0.2) is 0 Å². The molecule has 116 valence electrons. The SMILES string of the molecule is CCCNC(C)(C#N)CCN1CCCC(C(F)(F)F)C1. The number of alkyl halides is 3. The molecule has 0 aliphatic carbocycles. The van der Waals surface area contributed by atoms with Gasteiger partial charge in [-0.25, -0.2) is 0 Å². The van der Waals surface area contributed by atoms with E-state index in [0.717, 1.165) is 13.0 Å². The molecule has 20 heavy (non-hydrogen) atoms. The fraction of sp³-hybridized carbons (Fsp3) is 0.929. The molecule has 1 fully saturated rings. The summed E-state index contributed by atoms with van der Waals surface area (Å²) in [5.41, 5.74) is -0.652. The molecule has 0 aromatic heterocycles. The van der Waals surface area contributed by atoms with Crippen LogP contribution in [0.2, 0.25) is 0 Å². The van der Waals surface area contributed by atoms with Crippen molar-refractivity contribution in [3.05, 3.63) is 0 Å². The lowest BCUT2D eigenvalue weighted by Crippen LogP contribution is -2.47. The van der Waals surface area contributed by atoms with Gasteiger partial charge in [0.2, 0.25) is 0 Å². The van der Waals surface area contributed by atoms with Crippen molar-refractivity contribution in [3.8, 4) is 6.07 Å². The molecule has 0 spiro atoms. The maximum Gasteiger partial charge on any atom is 0.393 e. The van der Waals surface area contributed by atoms with Gasteiger partial charge < -0.3 is 4.90 Å². The number of nitrogens with one attached hydrogen (secondary N) is 1. The highest BCUT2D eigenvalue weighted by Gasteiger charge is 2.41. The van der Waals surface area contributed by atoms with Gasteiger partial charge in [-0.15, -0.1) is 0 Å². The summed E-state index contributed by atoms with van der Waals surface area (Å²) in [7, 11) is 0. The summed E-state index contributed by atoms with van der Waals surface area (Å²) < 4.78 is 38.2. The average Bonchev–Trinajstić information content (AvgIpc) is 2.42. The van der Waals surface area contributed by atoms with Gasteiger partial charge in [0, 0.05) is 13.1 Å². The molecular formula is C14H24F3N3. The number of nitrogens with zero attached hydrogens (tertiary/aromatic N) is 2. The van der Waals surface area contributed by atoms with E-state index in [4.69, 9.17) is 0 Å². The fourth-order valence-corrected chi connectivity index (χ4v) is 2.49. The minimum absolute atomic E-state index is 0.0682. The van der Waals surface area contributed by atoms with Crippen molar-refractivity contribution in [2.24, 2.45) is 5.92 Å². The van der Waals surface area contributed by atoms with Gasteiger partial charge in [-0.2, -0.15) is 18.4 Å². The number of halogens is 3. The van der Waals surface area contributed by atoms with E-state index >= 15 is 0 Å². The van der Waals surface area contributed by atoms with Crippen LogP contribution in [0.3, 0.4) is 0 Å². The quantitative estimate of drug-likeness (QED) is 0.818. The molecule has 2 atom stereocenters. The summed E-state index contributed by atoms with van der Waals surface area (Å²) in [6.45, 7) is 5.88. The molecule has 1 rings (SSSR count). The first-order chi connectivity index (χ1) is 9.30. The van der Waals surface area contributed by atoms with Crippen LogP contribution in [0.4, 0.5) is 13.2 Å². The van der Waals surface area contributed by atoms with E-state index in [0.29, 0.717) is 25.9 Å². The molecule has 1 aliphatic rings. The second kappa shape index (κ2) is 7.28. The molecule has 0 saturated carbocycles. The van der Waals surface area contributed by atoms with Crippen molar-refractivity contribution >= 4 is 0 Å². The molecule has 0 bridgehead atoms. The van der Waals surface area contributed by atoms with Crippen LogP contribution in [0.5, 0.6) is 0 Å². The van der Waals surface area contributed by atoms with E-state index in [9.17, 15) is 18.4 Å². The van der Waals surface area contributed by atoms with Gasteiger partial charge >= 0.3 is 6.18 Å². The second-order valence-electron chi connectivity index (χ2n) is 5.80. The molecule has 3 nitrogen and oxygen atoms in total. The van der Waals surface area contributed by atoms with E-state index in [-0.39, 0.29) is 13.0 Å². The van der Waals surface area contributed by atoms with E-state index in [1.807, 2.05) is 18.7 Å². The molecule has 6 heteroatoms. The Labute approximate surface area is 119 Å². The van der Waals surface area contributed by atoms with Crippen molar-refractivity contribution in [2.45, 2.75) is 51.2 Å². The van der Waals surface area contributed by atoms with Gasteiger partial charge in [-0.05, 0) is 45.7 Å². The largest absolute Gasteiger partial charge is 0.393 e. The lowest BCUT2D eigenvalue weighted by atomic mass is 9.95. The van der Waals surface area contributed by atoms with Gasteiger partial charge in [-0.1, -0.05) is 6.92 Å². The van der Waals surface area contributed by atoms with Crippen LogP contribution in [0.15, 0.2) is 0 Å². The van der Waals surface area contributed by atoms with E-state index in [1.165, 1.54) is 0 Å². The zero-order chi connectivity index (χ0) is 15.2. The normalized spacial score (nSPS) is 24.1. The number of piperidine rings is 1. The lowest BCUT2D eigenvalue weighted by molar-refractivity contribution is -0.186. The number of likely N-dealkylation sites (tertiary alicyclic amines) is 1. The number of nitriles is 1. The number of rotatable bonds is 6. The second-order valence-corrected chi connectivity index (χ2v) is 5.80. The summed E-state index contributed by atoms with van der Waals surface area (Å²) in [4.78, 5) is 1.84. The van der Waals surface area contributed by atoms with Gasteiger partial charge in [-0.3, -0.25) is 5.32 Å². The lowest BCUT2D eigenvalue weighted by Gasteiger charge is -2.35. The number of hydrogen-bond acceptors (Lipinski definition) is 3. The van der Waals surface area contributed by atoms with Crippen molar-refractivity contribution < 1.29 is 13.2 Å². The highest BCUT2D eigenvalue weighted by atomic mass is 19.4. The third-order valence-electron chi connectivity index (χ3n) is 3.91. The van der Waals surface area contributed by atoms with E-state index in [1.54, 1.807) is 0 Å². The van der Waals surface area contributed by atoms with Crippen molar-refractivity contribution in [1.82, 2.24) is 10.2 Å². The molecule has 0 aromatic rings. The maximum atomic E-state index is 12.7. The summed E-state index contributed by atoms with van der Waals surface area (Å²) in [6.07, 6.45) is -1.82.